The first kappa shape index (κ1) is 17.1. The zero-order valence-electron chi connectivity index (χ0n) is 14.0. The molecule has 2 amide bonds. The van der Waals surface area contributed by atoms with Gasteiger partial charge >= 0.3 is 0 Å². The molecule has 1 unspecified atom stereocenters. The van der Waals surface area contributed by atoms with Gasteiger partial charge in [0.2, 0.25) is 0 Å². The van der Waals surface area contributed by atoms with Crippen LogP contribution in [0.25, 0.3) is 0 Å². The molecule has 1 fully saturated rings. The molecule has 0 aromatic heterocycles. The highest BCUT2D eigenvalue weighted by Gasteiger charge is 2.22. The summed E-state index contributed by atoms with van der Waals surface area (Å²) in [5.41, 5.74) is 2.70. The first-order valence-corrected chi connectivity index (χ1v) is 8.24. The van der Waals surface area contributed by atoms with Gasteiger partial charge in [0, 0.05) is 30.0 Å². The minimum absolute atomic E-state index is 0.188. The van der Waals surface area contributed by atoms with Crippen LogP contribution >= 0.6 is 0 Å². The van der Waals surface area contributed by atoms with E-state index in [4.69, 9.17) is 4.74 Å². The Labute approximate surface area is 146 Å². The lowest BCUT2D eigenvalue weighted by Crippen LogP contribution is -2.45. The number of hydrogen-bond acceptors (Lipinski definition) is 4. The lowest BCUT2D eigenvalue weighted by atomic mass is 10.1. The summed E-state index contributed by atoms with van der Waals surface area (Å²) in [7, 11) is 0. The highest BCUT2D eigenvalue weighted by molar-refractivity contribution is 6.05. The minimum Gasteiger partial charge on any atom is -0.366 e. The molecule has 3 N–H and O–H groups in total. The van der Waals surface area contributed by atoms with E-state index in [1.807, 2.05) is 37.3 Å². The maximum Gasteiger partial charge on any atom is 0.255 e. The Morgan fingerprint density at radius 2 is 1.76 bits per heavy atom. The quantitative estimate of drug-likeness (QED) is 0.798. The molecule has 1 atom stereocenters. The molecule has 2 aromatic carbocycles. The monoisotopic (exact) mass is 339 g/mol. The standard InChI is InChI=1S/C19H21N3O3/c1-13-15(21-18(23)14-6-3-2-4-7-14)8-5-9-16(13)22-19(24)17-12-20-10-11-25-17/h2-9,17,20H,10-12H2,1H3,(H,21,23)(H,22,24). The number of rotatable bonds is 4. The van der Waals surface area contributed by atoms with E-state index >= 15 is 0 Å². The molecule has 6 nitrogen and oxygen atoms in total. The van der Waals surface area contributed by atoms with Crippen LogP contribution in [-0.4, -0.2) is 37.6 Å². The number of morpholine rings is 1. The fraction of sp³-hybridized carbons (Fsp3) is 0.263. The third-order valence-electron chi connectivity index (χ3n) is 4.10. The highest BCUT2D eigenvalue weighted by Crippen LogP contribution is 2.24. The van der Waals surface area contributed by atoms with Crippen molar-refractivity contribution in [1.82, 2.24) is 5.32 Å². The third kappa shape index (κ3) is 4.23. The average Bonchev–Trinajstić information content (AvgIpc) is 2.66. The smallest absolute Gasteiger partial charge is 0.255 e. The number of hydrogen-bond donors (Lipinski definition) is 3. The largest absolute Gasteiger partial charge is 0.366 e. The number of carbonyl (C=O) groups is 2. The molecule has 0 aliphatic carbocycles. The minimum atomic E-state index is -0.504. The summed E-state index contributed by atoms with van der Waals surface area (Å²) in [6.07, 6.45) is -0.504. The normalized spacial score (nSPS) is 16.9. The van der Waals surface area contributed by atoms with E-state index in [9.17, 15) is 9.59 Å². The third-order valence-corrected chi connectivity index (χ3v) is 4.10. The van der Waals surface area contributed by atoms with E-state index in [0.717, 1.165) is 12.1 Å². The van der Waals surface area contributed by atoms with Crippen LogP contribution in [0.4, 0.5) is 11.4 Å². The van der Waals surface area contributed by atoms with Crippen molar-refractivity contribution in [3.63, 3.8) is 0 Å². The summed E-state index contributed by atoms with van der Waals surface area (Å²) >= 11 is 0. The molecule has 0 saturated carbocycles. The van der Waals surface area contributed by atoms with Crippen molar-refractivity contribution in [3.8, 4) is 0 Å². The summed E-state index contributed by atoms with van der Waals surface area (Å²) in [5.74, 6) is -0.381. The van der Waals surface area contributed by atoms with Crippen molar-refractivity contribution in [2.45, 2.75) is 13.0 Å². The van der Waals surface area contributed by atoms with Crippen molar-refractivity contribution < 1.29 is 14.3 Å². The molecule has 6 heteroatoms. The Morgan fingerprint density at radius 3 is 2.44 bits per heavy atom. The topological polar surface area (TPSA) is 79.5 Å². The molecule has 1 aliphatic rings. The van der Waals surface area contributed by atoms with E-state index in [0.29, 0.717) is 30.1 Å². The van der Waals surface area contributed by atoms with Crippen LogP contribution in [0.15, 0.2) is 48.5 Å². The van der Waals surface area contributed by atoms with Crippen molar-refractivity contribution in [1.29, 1.82) is 0 Å². The Kier molecular flexibility index (Phi) is 5.42. The molecule has 0 radical (unpaired) electrons. The summed E-state index contributed by atoms with van der Waals surface area (Å²) in [4.78, 5) is 24.6. The second-order valence-electron chi connectivity index (χ2n) is 5.85. The first-order valence-electron chi connectivity index (χ1n) is 8.24. The molecule has 25 heavy (non-hydrogen) atoms. The number of nitrogens with one attached hydrogen (secondary N) is 3. The fourth-order valence-electron chi connectivity index (χ4n) is 2.64. The van der Waals surface area contributed by atoms with Crippen molar-refractivity contribution >= 4 is 23.2 Å². The van der Waals surface area contributed by atoms with Gasteiger partial charge in [-0.3, -0.25) is 9.59 Å². The average molecular weight is 339 g/mol. The van der Waals surface area contributed by atoms with E-state index in [2.05, 4.69) is 16.0 Å². The molecular formula is C19H21N3O3. The molecule has 1 saturated heterocycles. The van der Waals surface area contributed by atoms with E-state index in [1.54, 1.807) is 18.2 Å². The SMILES string of the molecule is Cc1c(NC(=O)c2ccccc2)cccc1NC(=O)C1CNCCO1. The summed E-state index contributed by atoms with van der Waals surface area (Å²) in [6.45, 7) is 3.62. The molecule has 3 rings (SSSR count). The van der Waals surface area contributed by atoms with Gasteiger partial charge in [0.25, 0.3) is 11.8 Å². The van der Waals surface area contributed by atoms with Crippen molar-refractivity contribution in [3.05, 3.63) is 59.7 Å². The van der Waals surface area contributed by atoms with Gasteiger partial charge in [0.05, 0.1) is 6.61 Å². The first-order chi connectivity index (χ1) is 12.1. The molecule has 1 aliphatic heterocycles. The lowest BCUT2D eigenvalue weighted by molar-refractivity contribution is -0.128. The predicted octanol–water partition coefficient (Wildman–Crippen LogP) is 2.17. The zero-order valence-corrected chi connectivity index (χ0v) is 14.0. The van der Waals surface area contributed by atoms with Gasteiger partial charge in [-0.25, -0.2) is 0 Å². The number of ether oxygens (including phenoxy) is 1. The Hall–Kier alpha value is -2.70. The van der Waals surface area contributed by atoms with Crippen LogP contribution in [-0.2, 0) is 9.53 Å². The van der Waals surface area contributed by atoms with Crippen molar-refractivity contribution in [2.24, 2.45) is 0 Å². The highest BCUT2D eigenvalue weighted by atomic mass is 16.5. The van der Waals surface area contributed by atoms with Crippen LogP contribution < -0.4 is 16.0 Å². The second kappa shape index (κ2) is 7.92. The fourth-order valence-corrected chi connectivity index (χ4v) is 2.64. The van der Waals surface area contributed by atoms with Gasteiger partial charge in [-0.1, -0.05) is 24.3 Å². The van der Waals surface area contributed by atoms with Gasteiger partial charge < -0.3 is 20.7 Å². The van der Waals surface area contributed by atoms with E-state index in [1.165, 1.54) is 0 Å². The van der Waals surface area contributed by atoms with Gasteiger partial charge in [-0.2, -0.15) is 0 Å². The number of amides is 2. The maximum absolute atomic E-state index is 12.3. The summed E-state index contributed by atoms with van der Waals surface area (Å²) in [6, 6.07) is 14.4. The Morgan fingerprint density at radius 1 is 1.04 bits per heavy atom. The molecular weight excluding hydrogens is 318 g/mol. The molecule has 1 heterocycles. The van der Waals surface area contributed by atoms with Crippen LogP contribution in [0.1, 0.15) is 15.9 Å². The Balaban J connectivity index is 1.71. The second-order valence-corrected chi connectivity index (χ2v) is 5.85. The zero-order chi connectivity index (χ0) is 17.6. The number of benzene rings is 2. The van der Waals surface area contributed by atoms with E-state index in [-0.39, 0.29) is 11.8 Å². The van der Waals surface area contributed by atoms with Crippen LogP contribution in [0.2, 0.25) is 0 Å². The molecule has 0 spiro atoms. The van der Waals surface area contributed by atoms with Gasteiger partial charge in [0.1, 0.15) is 6.10 Å². The maximum atomic E-state index is 12.3. The summed E-state index contributed by atoms with van der Waals surface area (Å²) < 4.78 is 5.46. The Bertz CT molecular complexity index is 756. The van der Waals surface area contributed by atoms with Gasteiger partial charge in [-0.05, 0) is 36.8 Å². The lowest BCUT2D eigenvalue weighted by Gasteiger charge is -2.23. The number of anilines is 2. The molecule has 130 valence electrons. The summed E-state index contributed by atoms with van der Waals surface area (Å²) in [5, 5.41) is 8.89. The molecule has 2 aromatic rings. The van der Waals surface area contributed by atoms with Gasteiger partial charge in [0.15, 0.2) is 0 Å². The van der Waals surface area contributed by atoms with Gasteiger partial charge in [-0.15, -0.1) is 0 Å². The predicted molar refractivity (Wildman–Crippen MR) is 96.8 cm³/mol. The molecule has 0 bridgehead atoms. The number of carbonyl (C=O) groups excluding carboxylic acids is 2. The van der Waals surface area contributed by atoms with Crippen molar-refractivity contribution in [2.75, 3.05) is 30.3 Å². The van der Waals surface area contributed by atoms with Crippen LogP contribution in [0.3, 0.4) is 0 Å². The van der Waals surface area contributed by atoms with Crippen LogP contribution in [0.5, 0.6) is 0 Å². The van der Waals surface area contributed by atoms with E-state index < -0.39 is 6.10 Å². The van der Waals surface area contributed by atoms with Crippen LogP contribution in [0, 0.1) is 6.92 Å².